The molecule has 1 saturated carbocycles. The van der Waals surface area contributed by atoms with Crippen LogP contribution in [-0.4, -0.2) is 43.2 Å². The number of hydrogen-bond acceptors (Lipinski definition) is 4. The monoisotopic (exact) mass is 472 g/mol. The Morgan fingerprint density at radius 2 is 1.88 bits per heavy atom. The molecule has 1 fully saturated rings. The number of carbonyl (C=O) groups excluding carboxylic acids is 1. The van der Waals surface area contributed by atoms with Crippen LogP contribution in [0.4, 0.5) is 32.2 Å². The van der Waals surface area contributed by atoms with Crippen LogP contribution in [0.15, 0.2) is 18.3 Å². The van der Waals surface area contributed by atoms with Gasteiger partial charge in [0.05, 0.1) is 22.8 Å². The number of halogens is 6. The van der Waals surface area contributed by atoms with Gasteiger partial charge < -0.3 is 0 Å². The quantitative estimate of drug-likeness (QED) is 0.531. The Morgan fingerprint density at radius 1 is 1.15 bits per heavy atom. The molecule has 1 aliphatic carbocycles. The van der Waals surface area contributed by atoms with Crippen LogP contribution in [-0.2, 0) is 17.5 Å². The highest BCUT2D eigenvalue weighted by atomic mass is 19.4. The fourth-order valence-electron chi connectivity index (χ4n) is 4.31. The number of carbonyl (C=O) groups is 1. The van der Waals surface area contributed by atoms with Crippen molar-refractivity contribution >= 4 is 22.8 Å². The van der Waals surface area contributed by atoms with E-state index in [0.717, 1.165) is 33.2 Å². The molecule has 1 atom stereocenters. The first kappa shape index (κ1) is 21.7. The van der Waals surface area contributed by atoms with Gasteiger partial charge in [0.1, 0.15) is 12.4 Å². The van der Waals surface area contributed by atoms with Crippen molar-refractivity contribution in [2.24, 2.45) is 0 Å². The summed E-state index contributed by atoms with van der Waals surface area (Å²) in [5, 5.41) is 7.66. The molecule has 0 radical (unpaired) electrons. The van der Waals surface area contributed by atoms with Crippen LogP contribution in [0.2, 0.25) is 0 Å². The van der Waals surface area contributed by atoms with Crippen molar-refractivity contribution in [1.82, 2.24) is 24.5 Å². The zero-order valence-corrected chi connectivity index (χ0v) is 17.3. The van der Waals surface area contributed by atoms with Crippen LogP contribution in [0.1, 0.15) is 48.2 Å². The topological polar surface area (TPSA) is 68.8 Å². The molecule has 3 aromatic heterocycles. The summed E-state index contributed by atoms with van der Waals surface area (Å²) in [7, 11) is 0. The Hall–Kier alpha value is -3.12. The number of nitrogens with zero attached hydrogens (tertiary/aromatic N) is 6. The summed E-state index contributed by atoms with van der Waals surface area (Å²) >= 11 is 0. The maximum Gasteiger partial charge on any atom is 0.417 e. The number of rotatable bonds is 3. The number of aromatic nitrogens is 5. The third-order valence-corrected chi connectivity index (χ3v) is 6.01. The average Bonchev–Trinajstić information content (AvgIpc) is 3.38. The first-order valence-electron chi connectivity index (χ1n) is 10.3. The highest BCUT2D eigenvalue weighted by molar-refractivity contribution is 5.94. The molecule has 7 nitrogen and oxygen atoms in total. The van der Waals surface area contributed by atoms with Crippen molar-refractivity contribution in [2.75, 3.05) is 11.4 Å². The number of fused-ring (bicyclic) bond motifs is 2. The molecule has 3 aromatic rings. The van der Waals surface area contributed by atoms with Crippen molar-refractivity contribution in [3.05, 3.63) is 35.3 Å². The molecule has 1 amide bonds. The predicted octanol–water partition coefficient (Wildman–Crippen LogP) is 4.37. The third kappa shape index (κ3) is 3.72. The first-order chi connectivity index (χ1) is 15.4. The number of alkyl halides is 6. The Bertz CT molecular complexity index is 1240. The third-order valence-electron chi connectivity index (χ3n) is 6.01. The normalized spacial score (nSPS) is 19.2. The Morgan fingerprint density at radius 3 is 2.52 bits per heavy atom. The molecular weight excluding hydrogens is 454 g/mol. The summed E-state index contributed by atoms with van der Waals surface area (Å²) in [6.45, 7) is 0.729. The molecule has 5 rings (SSSR count). The molecule has 0 aromatic carbocycles. The first-order valence-corrected chi connectivity index (χ1v) is 10.3. The van der Waals surface area contributed by atoms with Gasteiger partial charge in [-0.3, -0.25) is 9.69 Å². The van der Waals surface area contributed by atoms with Gasteiger partial charge in [-0.15, -0.1) is 0 Å². The molecule has 0 bridgehead atoms. The maximum atomic E-state index is 13.7. The molecule has 2 aliphatic rings. The second-order valence-electron chi connectivity index (χ2n) is 8.33. The lowest BCUT2D eigenvalue weighted by molar-refractivity contribution is -0.173. The van der Waals surface area contributed by atoms with Gasteiger partial charge in [-0.2, -0.15) is 36.5 Å². The van der Waals surface area contributed by atoms with Crippen molar-refractivity contribution in [3.8, 4) is 0 Å². The minimum atomic E-state index is -4.63. The van der Waals surface area contributed by atoms with Crippen LogP contribution < -0.4 is 4.90 Å². The van der Waals surface area contributed by atoms with Crippen LogP contribution >= 0.6 is 0 Å². The van der Waals surface area contributed by atoms with Gasteiger partial charge in [-0.05, 0) is 32.3 Å². The highest BCUT2D eigenvalue weighted by Gasteiger charge is 2.46. The van der Waals surface area contributed by atoms with Gasteiger partial charge in [0, 0.05) is 24.2 Å². The van der Waals surface area contributed by atoms with E-state index < -0.39 is 36.4 Å². The second kappa shape index (κ2) is 7.19. The molecule has 0 N–H and O–H groups in total. The van der Waals surface area contributed by atoms with E-state index in [9.17, 15) is 31.1 Å². The van der Waals surface area contributed by atoms with E-state index in [1.165, 1.54) is 19.2 Å². The number of aryl methyl sites for hydroxylation is 1. The number of anilines is 1. The molecular formula is C20H18F6N6O. The van der Waals surface area contributed by atoms with E-state index in [4.69, 9.17) is 0 Å². The minimum absolute atomic E-state index is 0.0237. The van der Waals surface area contributed by atoms with Crippen LogP contribution in [0.5, 0.6) is 0 Å². The predicted molar refractivity (Wildman–Crippen MR) is 104 cm³/mol. The lowest BCUT2D eigenvalue weighted by Crippen LogP contribution is -2.44. The zero-order valence-electron chi connectivity index (χ0n) is 17.3. The highest BCUT2D eigenvalue weighted by Crippen LogP contribution is 2.44. The fraction of sp³-hybridized carbons (Fsp3) is 0.500. The van der Waals surface area contributed by atoms with Gasteiger partial charge in [0.15, 0.2) is 11.7 Å². The summed E-state index contributed by atoms with van der Waals surface area (Å²) < 4.78 is 83.0. The Labute approximate surface area is 183 Å². The number of amides is 1. The Kier molecular flexibility index (Phi) is 4.73. The molecule has 1 unspecified atom stereocenters. The lowest BCUT2D eigenvalue weighted by Gasteiger charge is -2.33. The molecule has 33 heavy (non-hydrogen) atoms. The van der Waals surface area contributed by atoms with Crippen LogP contribution in [0, 0.1) is 6.92 Å². The van der Waals surface area contributed by atoms with Crippen LogP contribution in [0.25, 0.3) is 11.0 Å². The van der Waals surface area contributed by atoms with E-state index >= 15 is 0 Å². The summed E-state index contributed by atoms with van der Waals surface area (Å²) in [6, 6.07) is 0.492. The Balaban J connectivity index is 1.51. The van der Waals surface area contributed by atoms with Crippen molar-refractivity contribution in [3.63, 3.8) is 0 Å². The standard InChI is InChI=1S/C20H18F6N6O/c1-10-17-12(19(21,22)23)8-13(11-2-3-11)28-18(17)31(29-10)9-16(33)30-7-5-14(20(24,25)26)32-15(30)4-6-27-32/h4,6,8,11,14H,2-3,5,7,9H2,1H3. The SMILES string of the molecule is Cc1nn(CC(=O)N2CCC(C(F)(F)F)n3nccc32)c2nc(C3CC3)cc(C(F)(F)F)c12. The van der Waals surface area contributed by atoms with Crippen LogP contribution in [0.3, 0.4) is 0 Å². The zero-order chi connectivity index (χ0) is 23.7. The fourth-order valence-corrected chi connectivity index (χ4v) is 4.31. The van der Waals surface area contributed by atoms with Gasteiger partial charge in [-0.25, -0.2) is 14.3 Å². The largest absolute Gasteiger partial charge is 0.417 e. The summed E-state index contributed by atoms with van der Waals surface area (Å²) in [5.74, 6) is -0.705. The van der Waals surface area contributed by atoms with Gasteiger partial charge >= 0.3 is 12.4 Å². The van der Waals surface area contributed by atoms with E-state index in [2.05, 4.69) is 15.2 Å². The van der Waals surface area contributed by atoms with E-state index in [1.54, 1.807) is 0 Å². The average molecular weight is 472 g/mol. The molecule has 0 spiro atoms. The van der Waals surface area contributed by atoms with Crippen molar-refractivity contribution in [2.45, 2.75) is 57.0 Å². The van der Waals surface area contributed by atoms with Gasteiger partial charge in [0.25, 0.3) is 0 Å². The van der Waals surface area contributed by atoms with Crippen molar-refractivity contribution in [1.29, 1.82) is 0 Å². The van der Waals surface area contributed by atoms with Crippen molar-refractivity contribution < 1.29 is 31.1 Å². The maximum absolute atomic E-state index is 13.7. The molecule has 4 heterocycles. The van der Waals surface area contributed by atoms with E-state index in [0.29, 0.717) is 5.69 Å². The van der Waals surface area contributed by atoms with E-state index in [1.807, 2.05) is 0 Å². The second-order valence-corrected chi connectivity index (χ2v) is 8.33. The molecule has 0 saturated heterocycles. The lowest BCUT2D eigenvalue weighted by atomic mass is 10.1. The smallest absolute Gasteiger partial charge is 0.295 e. The van der Waals surface area contributed by atoms with Gasteiger partial charge in [-0.1, -0.05) is 0 Å². The molecule has 176 valence electrons. The summed E-state index contributed by atoms with van der Waals surface area (Å²) in [6.07, 6.45) is -6.89. The van der Waals surface area contributed by atoms with E-state index in [-0.39, 0.29) is 41.4 Å². The number of hydrogen-bond donors (Lipinski definition) is 0. The molecule has 13 heteroatoms. The minimum Gasteiger partial charge on any atom is -0.295 e. The summed E-state index contributed by atoms with van der Waals surface area (Å²) in [5.41, 5.74) is -0.542. The van der Waals surface area contributed by atoms with Gasteiger partial charge in [0.2, 0.25) is 5.91 Å². The molecule has 1 aliphatic heterocycles. The number of pyridine rings is 1. The summed E-state index contributed by atoms with van der Waals surface area (Å²) in [4.78, 5) is 18.6.